The highest BCUT2D eigenvalue weighted by Crippen LogP contribution is 2.20. The number of nitrogens with zero attached hydrogens (tertiary/aromatic N) is 1. The Bertz CT molecular complexity index is 750. The van der Waals surface area contributed by atoms with E-state index in [0.717, 1.165) is 12.0 Å². The zero-order valence-electron chi connectivity index (χ0n) is 16.9. The van der Waals surface area contributed by atoms with Crippen molar-refractivity contribution in [1.29, 1.82) is 0 Å². The van der Waals surface area contributed by atoms with Crippen LogP contribution in [-0.2, 0) is 16.0 Å². The van der Waals surface area contributed by atoms with E-state index in [0.29, 0.717) is 17.3 Å². The average Bonchev–Trinajstić information content (AvgIpc) is 2.67. The Morgan fingerprint density at radius 2 is 1.89 bits per heavy atom. The van der Waals surface area contributed by atoms with E-state index in [1.54, 1.807) is 21.2 Å². The fourth-order valence-corrected chi connectivity index (χ4v) is 2.97. The van der Waals surface area contributed by atoms with Gasteiger partial charge in [0.2, 0.25) is 0 Å². The van der Waals surface area contributed by atoms with Gasteiger partial charge in [-0.15, -0.1) is 0 Å². The number of nitrogens with one attached hydrogen (secondary N) is 1. The van der Waals surface area contributed by atoms with Crippen LogP contribution in [0.2, 0.25) is 5.02 Å². The van der Waals surface area contributed by atoms with Crippen molar-refractivity contribution in [2.24, 2.45) is 0 Å². The third kappa shape index (κ3) is 7.15. The molecule has 5 nitrogen and oxygen atoms in total. The number of halogens is 1. The monoisotopic (exact) mass is 404 g/mol. The zero-order chi connectivity index (χ0) is 20.5. The summed E-state index contributed by atoms with van der Waals surface area (Å²) in [6, 6.07) is 15.9. The van der Waals surface area contributed by atoms with Crippen LogP contribution < -0.4 is 10.1 Å². The second-order valence-corrected chi connectivity index (χ2v) is 7.45. The Hall–Kier alpha value is -2.08. The maximum atomic E-state index is 11.6. The molecule has 0 heterocycles. The van der Waals surface area contributed by atoms with E-state index in [1.165, 1.54) is 10.5 Å². The number of benzene rings is 2. The predicted molar refractivity (Wildman–Crippen MR) is 113 cm³/mol. The summed E-state index contributed by atoms with van der Waals surface area (Å²) in [6.07, 6.45) is 0.828. The normalized spacial score (nSPS) is 13.0. The number of methoxy groups -OCH3 is 1. The number of carbonyl (C=O) groups excluding carboxylic acids is 1. The molecule has 2 atom stereocenters. The van der Waals surface area contributed by atoms with E-state index in [4.69, 9.17) is 21.1 Å². The fourth-order valence-electron chi connectivity index (χ4n) is 2.77. The van der Waals surface area contributed by atoms with Gasteiger partial charge in [-0.2, -0.15) is 0 Å². The first-order chi connectivity index (χ1) is 13.4. The third-order valence-electron chi connectivity index (χ3n) is 4.48. The zero-order valence-corrected chi connectivity index (χ0v) is 17.7. The summed E-state index contributed by atoms with van der Waals surface area (Å²) in [5, 5.41) is 4.23. The highest BCUT2D eigenvalue weighted by Gasteiger charge is 2.13. The van der Waals surface area contributed by atoms with Crippen LogP contribution in [0.5, 0.6) is 5.75 Å². The standard InChI is InChI=1S/C22H29ClN2O3/c1-16(24-14-21(27-4)18-6-5-7-19(23)13-18)12-17-8-10-20(11-9-17)28-15-22(26)25(2)3/h5-11,13,16,21,24H,12,14-15H2,1-4H3. The molecule has 6 heteroatoms. The fraction of sp³-hybridized carbons (Fsp3) is 0.409. The summed E-state index contributed by atoms with van der Waals surface area (Å²) in [7, 11) is 5.13. The van der Waals surface area contributed by atoms with Crippen molar-refractivity contribution in [1.82, 2.24) is 10.2 Å². The van der Waals surface area contributed by atoms with Crippen molar-refractivity contribution in [2.75, 3.05) is 34.4 Å². The first-order valence-corrected chi connectivity index (χ1v) is 9.70. The second-order valence-electron chi connectivity index (χ2n) is 7.01. The lowest BCUT2D eigenvalue weighted by Crippen LogP contribution is -2.32. The minimum Gasteiger partial charge on any atom is -0.484 e. The van der Waals surface area contributed by atoms with E-state index < -0.39 is 0 Å². The van der Waals surface area contributed by atoms with Crippen molar-refractivity contribution in [3.05, 3.63) is 64.7 Å². The van der Waals surface area contributed by atoms with Crippen LogP contribution in [0.3, 0.4) is 0 Å². The lowest BCUT2D eigenvalue weighted by atomic mass is 10.1. The van der Waals surface area contributed by atoms with Gasteiger partial charge in [-0.1, -0.05) is 35.9 Å². The first kappa shape index (κ1) is 22.2. The van der Waals surface area contributed by atoms with Gasteiger partial charge in [0, 0.05) is 38.8 Å². The van der Waals surface area contributed by atoms with Crippen molar-refractivity contribution in [3.63, 3.8) is 0 Å². The highest BCUT2D eigenvalue weighted by molar-refractivity contribution is 6.30. The molecule has 0 aliphatic carbocycles. The highest BCUT2D eigenvalue weighted by atomic mass is 35.5. The average molecular weight is 405 g/mol. The third-order valence-corrected chi connectivity index (χ3v) is 4.72. The van der Waals surface area contributed by atoms with E-state index >= 15 is 0 Å². The van der Waals surface area contributed by atoms with Gasteiger partial charge >= 0.3 is 0 Å². The quantitative estimate of drug-likeness (QED) is 0.655. The van der Waals surface area contributed by atoms with Gasteiger partial charge in [-0.05, 0) is 48.7 Å². The van der Waals surface area contributed by atoms with Crippen molar-refractivity contribution >= 4 is 17.5 Å². The molecular weight excluding hydrogens is 376 g/mol. The smallest absolute Gasteiger partial charge is 0.259 e. The van der Waals surface area contributed by atoms with Gasteiger partial charge in [-0.25, -0.2) is 0 Å². The predicted octanol–water partition coefficient (Wildman–Crippen LogP) is 3.72. The molecule has 1 amide bonds. The molecule has 0 aromatic heterocycles. The number of amides is 1. The molecule has 152 valence electrons. The van der Waals surface area contributed by atoms with Gasteiger partial charge in [0.1, 0.15) is 5.75 Å². The summed E-state index contributed by atoms with van der Waals surface area (Å²) >= 11 is 6.08. The van der Waals surface area contributed by atoms with E-state index in [1.807, 2.05) is 48.5 Å². The number of rotatable bonds is 10. The number of carbonyl (C=O) groups is 1. The molecule has 0 aliphatic rings. The van der Waals surface area contributed by atoms with Gasteiger partial charge in [0.25, 0.3) is 5.91 Å². The molecular formula is C22H29ClN2O3. The molecule has 0 fully saturated rings. The summed E-state index contributed by atoms with van der Waals surface area (Å²) in [5.41, 5.74) is 2.26. The maximum Gasteiger partial charge on any atom is 0.259 e. The Kier molecular flexibility index (Phi) is 8.77. The topological polar surface area (TPSA) is 50.8 Å². The summed E-state index contributed by atoms with van der Waals surface area (Å²) in [6.45, 7) is 2.89. The molecule has 2 aromatic carbocycles. The molecule has 0 radical (unpaired) electrons. The SMILES string of the molecule is COC(CNC(C)Cc1ccc(OCC(=O)N(C)C)cc1)c1cccc(Cl)c1. The molecule has 0 aliphatic heterocycles. The summed E-state index contributed by atoms with van der Waals surface area (Å²) in [5.74, 6) is 0.634. The lowest BCUT2D eigenvalue weighted by molar-refractivity contribution is -0.130. The van der Waals surface area contributed by atoms with Crippen LogP contribution in [0.4, 0.5) is 0 Å². The van der Waals surface area contributed by atoms with Crippen LogP contribution in [0.25, 0.3) is 0 Å². The number of hydrogen-bond donors (Lipinski definition) is 1. The van der Waals surface area contributed by atoms with Crippen molar-refractivity contribution < 1.29 is 14.3 Å². The molecule has 0 bridgehead atoms. The summed E-state index contributed by atoms with van der Waals surface area (Å²) < 4.78 is 11.1. The molecule has 2 unspecified atom stereocenters. The Labute approximate surface area is 172 Å². The number of hydrogen-bond acceptors (Lipinski definition) is 4. The Balaban J connectivity index is 1.82. The molecule has 2 aromatic rings. The minimum absolute atomic E-state index is 0.0478. The molecule has 2 rings (SSSR count). The van der Waals surface area contributed by atoms with Crippen LogP contribution in [0.15, 0.2) is 48.5 Å². The molecule has 0 spiro atoms. The Morgan fingerprint density at radius 3 is 2.50 bits per heavy atom. The van der Waals surface area contributed by atoms with Crippen molar-refractivity contribution in [3.8, 4) is 5.75 Å². The largest absolute Gasteiger partial charge is 0.484 e. The van der Waals surface area contributed by atoms with Gasteiger partial charge in [0.05, 0.1) is 6.10 Å². The van der Waals surface area contributed by atoms with E-state index in [2.05, 4.69) is 12.2 Å². The molecule has 1 N–H and O–H groups in total. The van der Waals surface area contributed by atoms with Crippen molar-refractivity contribution in [2.45, 2.75) is 25.5 Å². The lowest BCUT2D eigenvalue weighted by Gasteiger charge is -2.20. The van der Waals surface area contributed by atoms with E-state index in [-0.39, 0.29) is 24.7 Å². The van der Waals surface area contributed by atoms with Gasteiger partial charge < -0.3 is 19.7 Å². The Morgan fingerprint density at radius 1 is 1.18 bits per heavy atom. The molecule has 0 saturated heterocycles. The second kappa shape index (κ2) is 11.1. The molecule has 28 heavy (non-hydrogen) atoms. The number of ether oxygens (including phenoxy) is 2. The van der Waals surface area contributed by atoms with E-state index in [9.17, 15) is 4.79 Å². The van der Waals surface area contributed by atoms with Crippen LogP contribution in [0.1, 0.15) is 24.2 Å². The summed E-state index contributed by atoms with van der Waals surface area (Å²) in [4.78, 5) is 13.1. The maximum absolute atomic E-state index is 11.6. The number of likely N-dealkylation sites (N-methyl/N-ethyl adjacent to an activating group) is 1. The van der Waals surface area contributed by atoms with Gasteiger partial charge in [-0.3, -0.25) is 4.79 Å². The molecule has 0 saturated carbocycles. The minimum atomic E-state index is -0.0608. The van der Waals surface area contributed by atoms with Crippen LogP contribution in [0, 0.1) is 0 Å². The first-order valence-electron chi connectivity index (χ1n) is 9.32. The van der Waals surface area contributed by atoms with Crippen LogP contribution >= 0.6 is 11.6 Å². The van der Waals surface area contributed by atoms with Gasteiger partial charge in [0.15, 0.2) is 6.61 Å². The van der Waals surface area contributed by atoms with Crippen LogP contribution in [-0.4, -0.2) is 51.2 Å².